The number of aromatic nitrogens is 4. The van der Waals surface area contributed by atoms with Crippen molar-refractivity contribution in [2.45, 2.75) is 87.3 Å². The third-order valence-electron chi connectivity index (χ3n) is 9.01. The number of nitrogens with zero attached hydrogens (tertiary/aromatic N) is 5. The monoisotopic (exact) mass is 488 g/mol. The molecule has 188 valence electrons. The summed E-state index contributed by atoms with van der Waals surface area (Å²) in [5.74, 6) is 1.15. The van der Waals surface area contributed by atoms with Gasteiger partial charge < -0.3 is 20.8 Å². The summed E-state index contributed by atoms with van der Waals surface area (Å²) < 4.78 is 1.76. The van der Waals surface area contributed by atoms with Crippen LogP contribution >= 0.6 is 0 Å². The maximum Gasteiger partial charge on any atom is 0.248 e. The van der Waals surface area contributed by atoms with Crippen molar-refractivity contribution in [3.05, 3.63) is 41.5 Å². The van der Waals surface area contributed by atoms with Crippen LogP contribution < -0.4 is 5.73 Å². The van der Waals surface area contributed by atoms with Crippen LogP contribution in [0.3, 0.4) is 0 Å². The van der Waals surface area contributed by atoms with Gasteiger partial charge in [0.25, 0.3) is 0 Å². The van der Waals surface area contributed by atoms with E-state index in [0.29, 0.717) is 11.7 Å². The second-order valence-corrected chi connectivity index (χ2v) is 11.2. The fourth-order valence-corrected chi connectivity index (χ4v) is 6.84. The number of pyridine rings is 1. The van der Waals surface area contributed by atoms with Gasteiger partial charge in [0.05, 0.1) is 17.6 Å². The number of rotatable bonds is 5. The molecule has 5 heterocycles. The van der Waals surface area contributed by atoms with Gasteiger partial charge in [0.15, 0.2) is 5.65 Å². The highest BCUT2D eigenvalue weighted by Gasteiger charge is 2.45. The molecule has 1 amide bonds. The summed E-state index contributed by atoms with van der Waals surface area (Å²) in [6, 6.07) is 4.20. The Balaban J connectivity index is 1.28. The van der Waals surface area contributed by atoms with Crippen molar-refractivity contribution in [2.24, 2.45) is 0 Å². The molecular weight excluding hydrogens is 456 g/mol. The first-order valence-electron chi connectivity index (χ1n) is 13.2. The molecule has 4 fully saturated rings. The molecule has 2 saturated carbocycles. The topological polar surface area (TPSA) is 130 Å². The molecule has 0 spiro atoms. The van der Waals surface area contributed by atoms with E-state index in [1.807, 2.05) is 17.0 Å². The normalized spacial score (nSPS) is 26.8. The Bertz CT molecular complexity index is 1330. The Morgan fingerprint density at radius 3 is 2.42 bits per heavy atom. The lowest BCUT2D eigenvalue weighted by Gasteiger charge is -2.39. The zero-order valence-electron chi connectivity index (χ0n) is 20.3. The van der Waals surface area contributed by atoms with Gasteiger partial charge in [-0.05, 0) is 69.8 Å². The number of hydrogen-bond acceptors (Lipinski definition) is 7. The van der Waals surface area contributed by atoms with Crippen LogP contribution in [0.2, 0.25) is 0 Å². The van der Waals surface area contributed by atoms with E-state index in [4.69, 9.17) is 10.7 Å². The third kappa shape index (κ3) is 3.29. The maximum atomic E-state index is 12.4. The van der Waals surface area contributed by atoms with Crippen molar-refractivity contribution in [1.82, 2.24) is 24.5 Å². The number of fused-ring (bicyclic) bond motifs is 3. The lowest BCUT2D eigenvalue weighted by Crippen LogP contribution is -2.47. The number of nitrogen functional groups attached to an aromatic ring is 1. The van der Waals surface area contributed by atoms with Gasteiger partial charge in [-0.1, -0.05) is 6.07 Å². The number of carbonyl (C=O) groups is 1. The average molecular weight is 489 g/mol. The molecule has 9 nitrogen and oxygen atoms in total. The third-order valence-corrected chi connectivity index (χ3v) is 9.01. The number of amides is 1. The molecule has 4 aliphatic rings. The van der Waals surface area contributed by atoms with E-state index < -0.39 is 12.2 Å². The van der Waals surface area contributed by atoms with Crippen LogP contribution in [-0.2, 0) is 10.4 Å². The summed E-state index contributed by atoms with van der Waals surface area (Å²) in [5.41, 5.74) is 11.4. The minimum absolute atomic E-state index is 0.151. The van der Waals surface area contributed by atoms with Crippen molar-refractivity contribution >= 4 is 17.4 Å². The van der Waals surface area contributed by atoms with Gasteiger partial charge in [-0.25, -0.2) is 4.98 Å². The first kappa shape index (κ1) is 22.2. The summed E-state index contributed by atoms with van der Waals surface area (Å²) in [7, 11) is 0. The molecule has 2 aliphatic carbocycles. The van der Waals surface area contributed by atoms with Crippen LogP contribution in [0.5, 0.6) is 0 Å². The van der Waals surface area contributed by atoms with Crippen molar-refractivity contribution < 1.29 is 15.0 Å². The molecule has 2 bridgehead atoms. The smallest absolute Gasteiger partial charge is 0.248 e. The minimum Gasteiger partial charge on any atom is -0.387 e. The summed E-state index contributed by atoms with van der Waals surface area (Å²) >= 11 is 0. The number of nitrogens with two attached hydrogens (primary N) is 1. The number of hydrogen-bond donors (Lipinski definition) is 3. The standard InChI is InChI=1S/C27H32N6O3/c28-25-23(15-2-3-15)24(17-10-18-5-6-19(11-17)32(18)22(35)14-34)31-26-20(13-30-33(25)26)16-4-7-21(29-12-16)27(36)8-1-9-27/h4,7,12-13,15,17-19,34,36H,1-3,5-6,8-11,14,28H2/t17-,18-,19+. The molecule has 3 atom stereocenters. The largest absolute Gasteiger partial charge is 0.387 e. The Labute approximate surface area is 209 Å². The molecule has 3 aromatic rings. The molecule has 7 rings (SSSR count). The molecule has 2 saturated heterocycles. The number of piperidine rings is 1. The Morgan fingerprint density at radius 1 is 1.08 bits per heavy atom. The van der Waals surface area contributed by atoms with Crippen molar-refractivity contribution in [3.63, 3.8) is 0 Å². The van der Waals surface area contributed by atoms with E-state index in [1.54, 1.807) is 16.9 Å². The summed E-state index contributed by atoms with van der Waals surface area (Å²) in [5, 5.41) is 24.7. The van der Waals surface area contributed by atoms with E-state index in [2.05, 4.69) is 10.1 Å². The zero-order chi connectivity index (χ0) is 24.6. The molecule has 0 unspecified atom stereocenters. The van der Waals surface area contributed by atoms with Gasteiger partial charge in [-0.3, -0.25) is 9.78 Å². The minimum atomic E-state index is -0.791. The van der Waals surface area contributed by atoms with E-state index in [9.17, 15) is 15.0 Å². The lowest BCUT2D eigenvalue weighted by molar-refractivity contribution is -0.138. The van der Waals surface area contributed by atoms with Gasteiger partial charge in [0.2, 0.25) is 5.91 Å². The molecule has 4 N–H and O–H groups in total. The van der Waals surface area contributed by atoms with Gasteiger partial charge in [-0.15, -0.1) is 0 Å². The first-order chi connectivity index (χ1) is 17.5. The average Bonchev–Trinajstić information content (AvgIpc) is 3.56. The summed E-state index contributed by atoms with van der Waals surface area (Å²) in [6.45, 7) is -0.425. The van der Waals surface area contributed by atoms with Crippen LogP contribution in [0.1, 0.15) is 86.6 Å². The van der Waals surface area contributed by atoms with E-state index in [0.717, 1.165) is 91.5 Å². The van der Waals surface area contributed by atoms with Crippen molar-refractivity contribution in [1.29, 1.82) is 0 Å². The molecule has 3 aromatic heterocycles. The number of carbonyl (C=O) groups excluding carboxylic acids is 1. The Morgan fingerprint density at radius 2 is 1.83 bits per heavy atom. The van der Waals surface area contributed by atoms with Crippen LogP contribution in [0.15, 0.2) is 24.5 Å². The van der Waals surface area contributed by atoms with E-state index in [-0.39, 0.29) is 23.9 Å². The maximum absolute atomic E-state index is 12.4. The highest BCUT2D eigenvalue weighted by Crippen LogP contribution is 2.50. The second kappa shape index (κ2) is 7.98. The van der Waals surface area contributed by atoms with Crippen LogP contribution in [-0.4, -0.2) is 59.3 Å². The van der Waals surface area contributed by atoms with E-state index in [1.165, 1.54) is 0 Å². The Hall–Kier alpha value is -3.04. The highest BCUT2D eigenvalue weighted by atomic mass is 16.3. The summed E-state index contributed by atoms with van der Waals surface area (Å²) in [6.07, 6.45) is 12.0. The SMILES string of the molecule is Nc1c(C2CC2)c([C@@H]2C[C@H]3CC[C@@H](C2)N3C(=O)CO)nc2c(-c3ccc(C4(O)CCC4)nc3)cnn12. The van der Waals surface area contributed by atoms with Crippen LogP contribution in [0.25, 0.3) is 16.8 Å². The first-order valence-corrected chi connectivity index (χ1v) is 13.2. The van der Waals surface area contributed by atoms with Crippen molar-refractivity contribution in [3.8, 4) is 11.1 Å². The predicted molar refractivity (Wildman–Crippen MR) is 133 cm³/mol. The number of aliphatic hydroxyl groups excluding tert-OH is 1. The fraction of sp³-hybridized carbons (Fsp3) is 0.556. The van der Waals surface area contributed by atoms with Crippen molar-refractivity contribution in [2.75, 3.05) is 12.3 Å². The molecule has 2 aliphatic heterocycles. The van der Waals surface area contributed by atoms with Gasteiger partial charge >= 0.3 is 0 Å². The van der Waals surface area contributed by atoms with Crippen LogP contribution in [0, 0.1) is 0 Å². The molecule has 9 heteroatoms. The number of anilines is 1. The van der Waals surface area contributed by atoms with Crippen LogP contribution in [0.4, 0.5) is 5.82 Å². The molecule has 0 radical (unpaired) electrons. The van der Waals surface area contributed by atoms with Gasteiger partial charge in [0.1, 0.15) is 18.0 Å². The number of aliphatic hydroxyl groups is 2. The summed E-state index contributed by atoms with van der Waals surface area (Å²) in [4.78, 5) is 24.1. The predicted octanol–water partition coefficient (Wildman–Crippen LogP) is 2.85. The zero-order valence-corrected chi connectivity index (χ0v) is 20.3. The second-order valence-electron chi connectivity index (χ2n) is 11.2. The molecule has 0 aromatic carbocycles. The fourth-order valence-electron chi connectivity index (χ4n) is 6.84. The lowest BCUT2D eigenvalue weighted by atomic mass is 9.77. The molecule has 36 heavy (non-hydrogen) atoms. The quantitative estimate of drug-likeness (QED) is 0.503. The highest BCUT2D eigenvalue weighted by molar-refractivity contribution is 5.79. The van der Waals surface area contributed by atoms with E-state index >= 15 is 0 Å². The Kier molecular flexibility index (Phi) is 4.92. The van der Waals surface area contributed by atoms with Gasteiger partial charge in [0, 0.05) is 40.9 Å². The molecular formula is C27H32N6O3. The van der Waals surface area contributed by atoms with Gasteiger partial charge in [-0.2, -0.15) is 9.61 Å².